The van der Waals surface area contributed by atoms with Crippen molar-refractivity contribution in [2.75, 3.05) is 39.9 Å². The highest BCUT2D eigenvalue weighted by molar-refractivity contribution is 5.63. The monoisotopic (exact) mass is 350 g/mol. The molecule has 0 radical (unpaired) electrons. The fourth-order valence-corrected chi connectivity index (χ4v) is 4.58. The van der Waals surface area contributed by atoms with Crippen molar-refractivity contribution in [2.24, 2.45) is 5.92 Å². The third-order valence-corrected chi connectivity index (χ3v) is 5.95. The van der Waals surface area contributed by atoms with Gasteiger partial charge in [0.2, 0.25) is 0 Å². The van der Waals surface area contributed by atoms with Crippen molar-refractivity contribution in [3.05, 3.63) is 60.2 Å². The van der Waals surface area contributed by atoms with Gasteiger partial charge >= 0.3 is 0 Å². The van der Waals surface area contributed by atoms with E-state index in [2.05, 4.69) is 64.4 Å². The number of rotatable bonds is 6. The molecule has 0 saturated carbocycles. The first-order valence-electron chi connectivity index (χ1n) is 9.91. The summed E-state index contributed by atoms with van der Waals surface area (Å²) in [5, 5.41) is 0. The molecular formula is C23H30N2O. The molecule has 2 bridgehead atoms. The number of nitrogens with zero attached hydrogens (tertiary/aromatic N) is 2. The van der Waals surface area contributed by atoms with Crippen molar-refractivity contribution in [1.82, 2.24) is 9.80 Å². The molecule has 3 aliphatic rings. The van der Waals surface area contributed by atoms with Crippen LogP contribution >= 0.6 is 0 Å². The third kappa shape index (κ3) is 4.17. The average molecular weight is 351 g/mol. The standard InChI is InChI=1S/C23H30N2O/c1-26-14-13-25-17-20-9-12-23(25)18-24(16-20)15-19-7-10-22(11-8-19)21-5-3-2-4-6-21/h2-8,10-11,20,23H,9,12-18H2,1H3/t20-,23+/m0/s1. The lowest BCUT2D eigenvalue weighted by atomic mass is 9.95. The molecule has 0 spiro atoms. The van der Waals surface area contributed by atoms with Crippen molar-refractivity contribution >= 4 is 0 Å². The lowest BCUT2D eigenvalue weighted by Gasteiger charge is -2.35. The minimum Gasteiger partial charge on any atom is -0.383 e. The molecule has 0 unspecified atom stereocenters. The predicted octanol–water partition coefficient (Wildman–Crippen LogP) is 3.90. The van der Waals surface area contributed by atoms with Crippen LogP contribution < -0.4 is 0 Å². The summed E-state index contributed by atoms with van der Waals surface area (Å²) in [7, 11) is 1.81. The fraction of sp³-hybridized carbons (Fsp3) is 0.478. The molecule has 0 N–H and O–H groups in total. The van der Waals surface area contributed by atoms with Crippen LogP contribution in [0.4, 0.5) is 0 Å². The number of piperidine rings is 1. The normalized spacial score (nSPS) is 23.9. The highest BCUT2D eigenvalue weighted by Gasteiger charge is 2.34. The van der Waals surface area contributed by atoms with Crippen LogP contribution in [0.25, 0.3) is 11.1 Å². The number of fused-ring (bicyclic) bond motifs is 4. The second kappa shape index (κ2) is 8.34. The van der Waals surface area contributed by atoms with Crippen LogP contribution in [0, 0.1) is 5.92 Å². The second-order valence-electron chi connectivity index (χ2n) is 7.84. The second-order valence-corrected chi connectivity index (χ2v) is 7.84. The molecule has 138 valence electrons. The number of methoxy groups -OCH3 is 1. The maximum absolute atomic E-state index is 5.31. The molecular weight excluding hydrogens is 320 g/mol. The van der Waals surface area contributed by atoms with Gasteiger partial charge in [-0.3, -0.25) is 9.80 Å². The van der Waals surface area contributed by atoms with Crippen LogP contribution in [-0.4, -0.2) is 55.7 Å². The molecule has 2 aromatic carbocycles. The van der Waals surface area contributed by atoms with Crippen LogP contribution in [0.2, 0.25) is 0 Å². The topological polar surface area (TPSA) is 15.7 Å². The number of hydrogen-bond acceptors (Lipinski definition) is 3. The molecule has 0 amide bonds. The van der Waals surface area contributed by atoms with E-state index in [0.29, 0.717) is 6.04 Å². The quantitative estimate of drug-likeness (QED) is 0.786. The first-order chi connectivity index (χ1) is 12.8. The Labute approximate surface area is 157 Å². The van der Waals surface area contributed by atoms with Crippen molar-refractivity contribution in [2.45, 2.75) is 25.4 Å². The van der Waals surface area contributed by atoms with Crippen LogP contribution in [-0.2, 0) is 11.3 Å². The highest BCUT2D eigenvalue weighted by atomic mass is 16.5. The minimum absolute atomic E-state index is 0.701. The Morgan fingerprint density at radius 1 is 0.885 bits per heavy atom. The summed E-state index contributed by atoms with van der Waals surface area (Å²) in [4.78, 5) is 5.34. The SMILES string of the molecule is COCCN1C[C@H]2CC[C@@H]1CN(Cc1ccc(-c3ccccc3)cc1)C2. The summed E-state index contributed by atoms with van der Waals surface area (Å²) in [6, 6.07) is 20.5. The van der Waals surface area contributed by atoms with Crippen LogP contribution in [0.15, 0.2) is 54.6 Å². The largest absolute Gasteiger partial charge is 0.383 e. The fourth-order valence-electron chi connectivity index (χ4n) is 4.58. The van der Waals surface area contributed by atoms with Crippen molar-refractivity contribution in [3.63, 3.8) is 0 Å². The Balaban J connectivity index is 1.40. The van der Waals surface area contributed by atoms with Gasteiger partial charge in [-0.05, 0) is 35.4 Å². The van der Waals surface area contributed by atoms with Gasteiger partial charge in [-0.15, -0.1) is 0 Å². The molecule has 3 saturated heterocycles. The Hall–Kier alpha value is -1.68. The molecule has 3 heterocycles. The first-order valence-corrected chi connectivity index (χ1v) is 9.91. The Bertz CT molecular complexity index is 685. The van der Waals surface area contributed by atoms with Crippen LogP contribution in [0.5, 0.6) is 0 Å². The zero-order chi connectivity index (χ0) is 17.8. The molecule has 26 heavy (non-hydrogen) atoms. The molecule has 5 rings (SSSR count). The average Bonchev–Trinajstić information content (AvgIpc) is 2.98. The van der Waals surface area contributed by atoms with E-state index in [-0.39, 0.29) is 0 Å². The van der Waals surface area contributed by atoms with Gasteiger partial charge in [-0.2, -0.15) is 0 Å². The lowest BCUT2D eigenvalue weighted by Crippen LogP contribution is -2.45. The molecule has 3 nitrogen and oxygen atoms in total. The molecule has 3 heteroatoms. The summed E-state index contributed by atoms with van der Waals surface area (Å²) in [6.45, 7) is 6.68. The maximum atomic E-state index is 5.31. The molecule has 2 atom stereocenters. The van der Waals surface area contributed by atoms with Gasteiger partial charge in [0.25, 0.3) is 0 Å². The Morgan fingerprint density at radius 2 is 1.65 bits per heavy atom. The molecule has 0 aliphatic carbocycles. The van der Waals surface area contributed by atoms with Crippen molar-refractivity contribution < 1.29 is 4.74 Å². The maximum Gasteiger partial charge on any atom is 0.0589 e. The highest BCUT2D eigenvalue weighted by Crippen LogP contribution is 2.29. The minimum atomic E-state index is 0.701. The third-order valence-electron chi connectivity index (χ3n) is 5.95. The van der Waals surface area contributed by atoms with E-state index in [1.807, 2.05) is 7.11 Å². The van der Waals surface area contributed by atoms with Gasteiger partial charge < -0.3 is 4.74 Å². The van der Waals surface area contributed by atoms with Crippen LogP contribution in [0.3, 0.4) is 0 Å². The van der Waals surface area contributed by atoms with Gasteiger partial charge in [0, 0.05) is 45.9 Å². The predicted molar refractivity (Wildman–Crippen MR) is 107 cm³/mol. The van der Waals surface area contributed by atoms with E-state index < -0.39 is 0 Å². The smallest absolute Gasteiger partial charge is 0.0589 e. The first kappa shape index (κ1) is 17.7. The van der Waals surface area contributed by atoms with Crippen molar-refractivity contribution in [3.8, 4) is 11.1 Å². The van der Waals surface area contributed by atoms with Gasteiger partial charge in [0.05, 0.1) is 6.61 Å². The van der Waals surface area contributed by atoms with Crippen molar-refractivity contribution in [1.29, 1.82) is 0 Å². The molecule has 2 aromatic rings. The number of hydrogen-bond donors (Lipinski definition) is 0. The Kier molecular flexibility index (Phi) is 5.68. The van der Waals surface area contributed by atoms with Crippen LogP contribution in [0.1, 0.15) is 18.4 Å². The number of benzene rings is 2. The molecule has 3 fully saturated rings. The molecule has 0 aromatic heterocycles. The van der Waals surface area contributed by atoms with E-state index in [0.717, 1.165) is 25.6 Å². The van der Waals surface area contributed by atoms with E-state index in [1.54, 1.807) is 0 Å². The lowest BCUT2D eigenvalue weighted by molar-refractivity contribution is 0.0867. The Morgan fingerprint density at radius 3 is 2.42 bits per heavy atom. The van der Waals surface area contributed by atoms with Gasteiger partial charge in [0.15, 0.2) is 0 Å². The molecule has 3 aliphatic heterocycles. The van der Waals surface area contributed by atoms with E-state index >= 15 is 0 Å². The number of ether oxygens (including phenoxy) is 1. The summed E-state index contributed by atoms with van der Waals surface area (Å²) < 4.78 is 5.31. The summed E-state index contributed by atoms with van der Waals surface area (Å²) in [6.07, 6.45) is 2.73. The van der Waals surface area contributed by atoms with Gasteiger partial charge in [-0.1, -0.05) is 54.6 Å². The summed E-state index contributed by atoms with van der Waals surface area (Å²) in [5.74, 6) is 0.814. The zero-order valence-electron chi connectivity index (χ0n) is 15.8. The van der Waals surface area contributed by atoms with Gasteiger partial charge in [-0.25, -0.2) is 0 Å². The summed E-state index contributed by atoms with van der Waals surface area (Å²) in [5.41, 5.74) is 4.02. The van der Waals surface area contributed by atoms with E-state index in [1.165, 1.54) is 49.2 Å². The van der Waals surface area contributed by atoms with E-state index in [4.69, 9.17) is 4.74 Å². The van der Waals surface area contributed by atoms with E-state index in [9.17, 15) is 0 Å². The van der Waals surface area contributed by atoms with Gasteiger partial charge in [0.1, 0.15) is 0 Å². The summed E-state index contributed by atoms with van der Waals surface area (Å²) >= 11 is 0. The zero-order valence-corrected chi connectivity index (χ0v) is 15.8.